The molecule has 0 amide bonds. The fourth-order valence-corrected chi connectivity index (χ4v) is 9.40. The summed E-state index contributed by atoms with van der Waals surface area (Å²) in [6, 6.07) is 49.7. The van der Waals surface area contributed by atoms with Crippen molar-refractivity contribution in [2.24, 2.45) is 0 Å². The molecule has 0 spiro atoms. The van der Waals surface area contributed by atoms with Crippen LogP contribution >= 0.6 is 0 Å². The van der Waals surface area contributed by atoms with Gasteiger partial charge < -0.3 is 13.5 Å². The van der Waals surface area contributed by atoms with Crippen LogP contribution in [0.5, 0.6) is 11.5 Å². The van der Waals surface area contributed by atoms with Crippen LogP contribution in [0.4, 0.5) is 0 Å². The largest absolute Gasteiger partial charge is 2.00 e. The fourth-order valence-electron chi connectivity index (χ4n) is 9.40. The van der Waals surface area contributed by atoms with E-state index in [9.17, 15) is 0 Å². The van der Waals surface area contributed by atoms with E-state index in [1.807, 2.05) is 42.5 Å². The first-order chi connectivity index (χ1) is 28.9. The van der Waals surface area contributed by atoms with E-state index in [0.717, 1.165) is 77.0 Å². The molecule has 0 radical (unpaired) electrons. The molecule has 5 heterocycles. The number of benzene rings is 7. The molecule has 60 heavy (non-hydrogen) atoms. The zero-order chi connectivity index (χ0) is 39.5. The maximum absolute atomic E-state index is 6.69. The predicted molar refractivity (Wildman–Crippen MR) is 239 cm³/mol. The standard InChI is InChI=1S/C52H34N6O.Pd/c1-29-11-9-12-30(2)46(29)33-25-38-36-21-19-34(59-35-20-22-37-40(28-35)51-56-43-16-6-8-18-45(43)58(51)52-48(37)53-23-24-54-52)27-39(36)50-55-42-15-5-7-17-44(42)57(50)49(38)41(26-33)47-31(3)13-10-14-32(47)4;/h5-26H,1-4H3;/q-2;+2. The van der Waals surface area contributed by atoms with Gasteiger partial charge in [-0.3, -0.25) is 15.0 Å². The van der Waals surface area contributed by atoms with Gasteiger partial charge in [-0.1, -0.05) is 113 Å². The first-order valence-electron chi connectivity index (χ1n) is 19.8. The smallest absolute Gasteiger partial charge is 0.497 e. The molecule has 12 aromatic rings. The van der Waals surface area contributed by atoms with Crippen molar-refractivity contribution in [3.63, 3.8) is 0 Å². The van der Waals surface area contributed by atoms with Crippen molar-refractivity contribution < 1.29 is 25.2 Å². The topological polar surface area (TPSA) is 69.6 Å². The van der Waals surface area contributed by atoms with Gasteiger partial charge in [0.1, 0.15) is 5.65 Å². The molecule has 0 unspecified atom stereocenters. The van der Waals surface area contributed by atoms with Crippen molar-refractivity contribution in [2.75, 3.05) is 0 Å². The number of rotatable bonds is 4. The molecule has 8 heteroatoms. The van der Waals surface area contributed by atoms with E-state index in [2.05, 4.69) is 127 Å². The number of imidazole rings is 2. The van der Waals surface area contributed by atoms with Crippen molar-refractivity contribution >= 4 is 77.0 Å². The second kappa shape index (κ2) is 13.5. The number of para-hydroxylation sites is 4. The number of aryl methyl sites for hydroxylation is 4. The van der Waals surface area contributed by atoms with Gasteiger partial charge in [0, 0.05) is 35.0 Å². The second-order valence-corrected chi connectivity index (χ2v) is 15.5. The molecule has 7 aromatic carbocycles. The summed E-state index contributed by atoms with van der Waals surface area (Å²) in [5, 5.41) is 4.76. The fraction of sp³-hybridized carbons (Fsp3) is 0.0769. The van der Waals surface area contributed by atoms with Crippen LogP contribution in [0, 0.1) is 39.8 Å². The van der Waals surface area contributed by atoms with Gasteiger partial charge in [0.25, 0.3) is 0 Å². The molecule has 0 saturated carbocycles. The van der Waals surface area contributed by atoms with E-state index in [1.54, 1.807) is 12.4 Å². The first-order valence-corrected chi connectivity index (χ1v) is 19.8. The van der Waals surface area contributed by atoms with E-state index in [-0.39, 0.29) is 20.4 Å². The van der Waals surface area contributed by atoms with Gasteiger partial charge >= 0.3 is 20.4 Å². The van der Waals surface area contributed by atoms with Crippen LogP contribution < -0.4 is 4.74 Å². The summed E-state index contributed by atoms with van der Waals surface area (Å²) in [7, 11) is 0. The Labute approximate surface area is 358 Å². The SMILES string of the molecule is Cc1cccc(C)c1-c1cc(-c2c(C)cccc2C)c2c(c1)c1ccc(Oc3[c-]c4c(cc3)c3nccnc3n3c5ccccc5nc43)[c-]c1c1nc3ccccc3n12.[Pd+2]. The summed E-state index contributed by atoms with van der Waals surface area (Å²) < 4.78 is 11.1. The van der Waals surface area contributed by atoms with E-state index in [0.29, 0.717) is 11.5 Å². The average molecular weight is 865 g/mol. The van der Waals surface area contributed by atoms with Crippen LogP contribution in [0.1, 0.15) is 22.3 Å². The minimum Gasteiger partial charge on any atom is -0.497 e. The van der Waals surface area contributed by atoms with Gasteiger partial charge in [0.15, 0.2) is 0 Å². The van der Waals surface area contributed by atoms with Crippen molar-refractivity contribution in [2.45, 2.75) is 27.7 Å². The quantitative estimate of drug-likeness (QED) is 0.100. The van der Waals surface area contributed by atoms with Gasteiger partial charge in [-0.15, -0.1) is 12.1 Å². The molecule has 0 aliphatic heterocycles. The van der Waals surface area contributed by atoms with Crippen LogP contribution in [0.15, 0.2) is 134 Å². The summed E-state index contributed by atoms with van der Waals surface area (Å²) in [4.78, 5) is 19.8. The van der Waals surface area contributed by atoms with Gasteiger partial charge in [0.05, 0.1) is 38.9 Å². The molecular weight excluding hydrogens is 831 g/mol. The molecule has 288 valence electrons. The van der Waals surface area contributed by atoms with E-state index in [1.165, 1.54) is 44.5 Å². The second-order valence-electron chi connectivity index (χ2n) is 15.5. The summed E-state index contributed by atoms with van der Waals surface area (Å²) in [6.45, 7) is 8.82. The predicted octanol–water partition coefficient (Wildman–Crippen LogP) is 12.6. The Morgan fingerprint density at radius 1 is 0.500 bits per heavy atom. The number of hydrogen-bond donors (Lipinski definition) is 0. The van der Waals surface area contributed by atoms with Gasteiger partial charge in [0.2, 0.25) is 0 Å². The summed E-state index contributed by atoms with van der Waals surface area (Å²) in [6.07, 6.45) is 3.44. The third-order valence-corrected chi connectivity index (χ3v) is 11.9. The monoisotopic (exact) mass is 864 g/mol. The number of aromatic nitrogens is 6. The van der Waals surface area contributed by atoms with E-state index in [4.69, 9.17) is 24.7 Å². The molecule has 0 aliphatic rings. The number of nitrogens with zero attached hydrogens (tertiary/aromatic N) is 6. The van der Waals surface area contributed by atoms with Crippen LogP contribution in [-0.2, 0) is 20.4 Å². The zero-order valence-electron chi connectivity index (χ0n) is 33.1. The Morgan fingerprint density at radius 2 is 1.05 bits per heavy atom. The van der Waals surface area contributed by atoms with Crippen LogP contribution in [0.3, 0.4) is 0 Å². The molecule has 0 fully saturated rings. The molecule has 0 N–H and O–H groups in total. The van der Waals surface area contributed by atoms with Gasteiger partial charge in [-0.2, -0.15) is 0 Å². The van der Waals surface area contributed by atoms with E-state index < -0.39 is 0 Å². The number of fused-ring (bicyclic) bond motifs is 16. The Hall–Kier alpha value is -6.98. The number of ether oxygens (including phenoxy) is 1. The van der Waals surface area contributed by atoms with Crippen molar-refractivity contribution in [1.29, 1.82) is 0 Å². The molecule has 5 aromatic heterocycles. The van der Waals surface area contributed by atoms with Gasteiger partial charge in [-0.25, -0.2) is 4.98 Å². The van der Waals surface area contributed by atoms with E-state index >= 15 is 0 Å². The number of hydrogen-bond acceptors (Lipinski definition) is 5. The maximum atomic E-state index is 6.69. The first kappa shape index (κ1) is 36.1. The van der Waals surface area contributed by atoms with Crippen molar-refractivity contribution in [1.82, 2.24) is 28.7 Å². The summed E-state index contributed by atoms with van der Waals surface area (Å²) >= 11 is 0. The molecule has 0 atom stereocenters. The molecular formula is C52H34N6OPd. The van der Waals surface area contributed by atoms with Crippen LogP contribution in [-0.4, -0.2) is 28.7 Å². The summed E-state index contributed by atoms with van der Waals surface area (Å²) in [5.41, 5.74) is 17.8. The molecule has 0 saturated heterocycles. The molecule has 7 nitrogen and oxygen atoms in total. The molecule has 0 bridgehead atoms. The Kier molecular flexibility index (Phi) is 8.15. The van der Waals surface area contributed by atoms with Crippen LogP contribution in [0.25, 0.3) is 99.2 Å². The summed E-state index contributed by atoms with van der Waals surface area (Å²) in [5.74, 6) is 1.11. The van der Waals surface area contributed by atoms with Crippen molar-refractivity contribution in [3.8, 4) is 33.8 Å². The Balaban J connectivity index is 0.00000408. The number of pyridine rings is 2. The normalized spacial score (nSPS) is 11.9. The van der Waals surface area contributed by atoms with Crippen molar-refractivity contribution in [3.05, 3.63) is 168 Å². The maximum Gasteiger partial charge on any atom is 2.00 e. The Bertz CT molecular complexity index is 3730. The van der Waals surface area contributed by atoms with Crippen LogP contribution in [0.2, 0.25) is 0 Å². The Morgan fingerprint density at radius 3 is 1.72 bits per heavy atom. The van der Waals surface area contributed by atoms with Gasteiger partial charge in [-0.05, 0) is 102 Å². The minimum absolute atomic E-state index is 0. The molecule has 12 rings (SSSR count). The third kappa shape index (κ3) is 5.24. The zero-order valence-corrected chi connectivity index (χ0v) is 34.7. The minimum atomic E-state index is 0. The molecule has 0 aliphatic carbocycles. The third-order valence-electron chi connectivity index (χ3n) is 11.9. The average Bonchev–Trinajstić information content (AvgIpc) is 3.84.